The fourth-order valence-corrected chi connectivity index (χ4v) is 4.77. The van der Waals surface area contributed by atoms with E-state index in [1.807, 2.05) is 54.6 Å². The van der Waals surface area contributed by atoms with Crippen molar-refractivity contribution in [3.05, 3.63) is 108 Å². The lowest BCUT2D eigenvalue weighted by Crippen LogP contribution is -2.27. The van der Waals surface area contributed by atoms with Crippen LogP contribution >= 0.6 is 0 Å². The zero-order chi connectivity index (χ0) is 24.7. The average Bonchev–Trinajstić information content (AvgIpc) is 2.90. The zero-order valence-corrected chi connectivity index (χ0v) is 20.0. The van der Waals surface area contributed by atoms with E-state index in [4.69, 9.17) is 4.74 Å². The van der Waals surface area contributed by atoms with Gasteiger partial charge in [0, 0.05) is 36.1 Å². The van der Waals surface area contributed by atoms with Crippen LogP contribution < -0.4 is 14.8 Å². The summed E-state index contributed by atoms with van der Waals surface area (Å²) in [5, 5.41) is 2.81. The van der Waals surface area contributed by atoms with E-state index in [1.165, 1.54) is 25.3 Å². The first-order valence-electron chi connectivity index (χ1n) is 11.0. The van der Waals surface area contributed by atoms with Gasteiger partial charge in [-0.3, -0.25) is 9.78 Å². The van der Waals surface area contributed by atoms with Gasteiger partial charge in [0.2, 0.25) is 10.0 Å². The Morgan fingerprint density at radius 2 is 1.60 bits per heavy atom. The molecule has 0 radical (unpaired) electrons. The van der Waals surface area contributed by atoms with Crippen LogP contribution in [0, 0.1) is 0 Å². The number of benzene rings is 3. The molecule has 0 aliphatic carbocycles. The van der Waals surface area contributed by atoms with Gasteiger partial charge in [-0.2, -0.15) is 0 Å². The molecular weight excluding hydrogens is 462 g/mol. The van der Waals surface area contributed by atoms with E-state index in [1.54, 1.807) is 24.4 Å². The molecule has 35 heavy (non-hydrogen) atoms. The molecule has 7 nitrogen and oxygen atoms in total. The summed E-state index contributed by atoms with van der Waals surface area (Å²) in [4.78, 5) is 17.0. The first-order valence-corrected chi connectivity index (χ1v) is 12.5. The third-order valence-corrected chi connectivity index (χ3v) is 6.85. The number of methoxy groups -OCH3 is 1. The maximum absolute atomic E-state index is 13.0. The normalized spacial score (nSPS) is 11.1. The molecule has 1 heterocycles. The van der Waals surface area contributed by atoms with Gasteiger partial charge in [-0.1, -0.05) is 48.5 Å². The van der Waals surface area contributed by atoms with Crippen LogP contribution in [0.1, 0.15) is 16.1 Å². The molecule has 0 bridgehead atoms. The Morgan fingerprint density at radius 3 is 2.29 bits per heavy atom. The number of aromatic nitrogens is 1. The molecule has 0 fully saturated rings. The summed E-state index contributed by atoms with van der Waals surface area (Å²) in [7, 11) is -2.54. The number of carbonyl (C=O) groups excluding carboxylic acids is 1. The first kappa shape index (κ1) is 24.1. The Balaban J connectivity index is 1.47. The molecule has 0 aliphatic rings. The number of carbonyl (C=O) groups is 1. The van der Waals surface area contributed by atoms with Crippen molar-refractivity contribution >= 4 is 21.6 Å². The van der Waals surface area contributed by atoms with Gasteiger partial charge in [-0.15, -0.1) is 0 Å². The number of amides is 1. The Kier molecular flexibility index (Phi) is 7.54. The quantitative estimate of drug-likeness (QED) is 0.362. The van der Waals surface area contributed by atoms with Gasteiger partial charge in [0.25, 0.3) is 5.91 Å². The monoisotopic (exact) mass is 487 g/mol. The molecule has 4 aromatic rings. The molecule has 8 heteroatoms. The molecule has 0 saturated carbocycles. The van der Waals surface area contributed by atoms with E-state index in [-0.39, 0.29) is 22.8 Å². The number of sulfonamides is 1. The molecule has 1 amide bonds. The van der Waals surface area contributed by atoms with E-state index in [0.29, 0.717) is 12.1 Å². The van der Waals surface area contributed by atoms with Crippen molar-refractivity contribution < 1.29 is 17.9 Å². The molecule has 4 rings (SSSR count). The summed E-state index contributed by atoms with van der Waals surface area (Å²) in [6, 6.07) is 27.1. The van der Waals surface area contributed by atoms with Gasteiger partial charge in [0.05, 0.1) is 7.11 Å². The van der Waals surface area contributed by atoms with Crippen molar-refractivity contribution in [3.8, 4) is 16.9 Å². The van der Waals surface area contributed by atoms with Crippen molar-refractivity contribution in [2.24, 2.45) is 0 Å². The van der Waals surface area contributed by atoms with Gasteiger partial charge in [-0.25, -0.2) is 13.1 Å². The highest BCUT2D eigenvalue weighted by molar-refractivity contribution is 7.89. The molecule has 0 atom stereocenters. The minimum absolute atomic E-state index is 0.104. The molecule has 1 aromatic heterocycles. The Labute approximate surface area is 204 Å². The lowest BCUT2D eigenvalue weighted by atomic mass is 10.1. The van der Waals surface area contributed by atoms with Crippen molar-refractivity contribution in [3.63, 3.8) is 0 Å². The highest BCUT2D eigenvalue weighted by Gasteiger charge is 2.21. The SMILES string of the molecule is COc1ccc(C(=O)Nc2ccc(-c3ccccc3)cc2)cc1S(=O)(=O)NCCc1ccccn1. The van der Waals surface area contributed by atoms with Crippen LogP contribution in [0.25, 0.3) is 11.1 Å². The second-order valence-corrected chi connectivity index (χ2v) is 9.47. The average molecular weight is 488 g/mol. The zero-order valence-electron chi connectivity index (χ0n) is 19.1. The van der Waals surface area contributed by atoms with Crippen LogP contribution in [-0.2, 0) is 16.4 Å². The molecule has 0 aliphatic heterocycles. The van der Waals surface area contributed by atoms with Crippen molar-refractivity contribution in [1.82, 2.24) is 9.71 Å². The Hall–Kier alpha value is -4.01. The third kappa shape index (κ3) is 6.11. The van der Waals surface area contributed by atoms with E-state index in [2.05, 4.69) is 15.0 Å². The second kappa shape index (κ2) is 10.9. The number of rotatable bonds is 9. The minimum Gasteiger partial charge on any atom is -0.495 e. The summed E-state index contributed by atoms with van der Waals surface area (Å²) in [6.45, 7) is 0.159. The van der Waals surface area contributed by atoms with Gasteiger partial charge in [0.1, 0.15) is 10.6 Å². The predicted molar refractivity (Wildman–Crippen MR) is 136 cm³/mol. The molecule has 3 aromatic carbocycles. The Morgan fingerprint density at radius 1 is 0.886 bits per heavy atom. The smallest absolute Gasteiger partial charge is 0.255 e. The molecular formula is C27H25N3O4S. The number of hydrogen-bond acceptors (Lipinski definition) is 5. The van der Waals surface area contributed by atoms with Crippen LogP contribution in [0.5, 0.6) is 5.75 Å². The summed E-state index contributed by atoms with van der Waals surface area (Å²) in [5.41, 5.74) is 3.67. The molecule has 2 N–H and O–H groups in total. The van der Waals surface area contributed by atoms with E-state index in [0.717, 1.165) is 16.8 Å². The van der Waals surface area contributed by atoms with E-state index >= 15 is 0 Å². The highest BCUT2D eigenvalue weighted by Crippen LogP contribution is 2.26. The van der Waals surface area contributed by atoms with Gasteiger partial charge < -0.3 is 10.1 Å². The second-order valence-electron chi connectivity index (χ2n) is 7.73. The van der Waals surface area contributed by atoms with Crippen molar-refractivity contribution in [2.45, 2.75) is 11.3 Å². The molecule has 0 unspecified atom stereocenters. The molecule has 0 spiro atoms. The van der Waals surface area contributed by atoms with Crippen LogP contribution in [0.15, 0.2) is 102 Å². The Bertz CT molecular complexity index is 1390. The minimum atomic E-state index is -3.92. The van der Waals surface area contributed by atoms with Crippen molar-refractivity contribution in [1.29, 1.82) is 0 Å². The summed E-state index contributed by atoms with van der Waals surface area (Å²) in [5.74, 6) is -0.274. The van der Waals surface area contributed by atoms with E-state index in [9.17, 15) is 13.2 Å². The number of anilines is 1. The number of hydrogen-bond donors (Lipinski definition) is 2. The maximum atomic E-state index is 13.0. The predicted octanol–water partition coefficient (Wildman–Crippen LogP) is 4.53. The lowest BCUT2D eigenvalue weighted by molar-refractivity contribution is 0.102. The van der Waals surface area contributed by atoms with Crippen LogP contribution in [0.4, 0.5) is 5.69 Å². The van der Waals surface area contributed by atoms with Crippen LogP contribution in [-0.4, -0.2) is 33.0 Å². The molecule has 0 saturated heterocycles. The van der Waals surface area contributed by atoms with Crippen LogP contribution in [0.2, 0.25) is 0 Å². The lowest BCUT2D eigenvalue weighted by Gasteiger charge is -2.13. The van der Waals surface area contributed by atoms with Crippen LogP contribution in [0.3, 0.4) is 0 Å². The van der Waals surface area contributed by atoms with Gasteiger partial charge in [-0.05, 0) is 53.6 Å². The standard InChI is InChI=1S/C27H25N3O4S/c1-34-25-15-12-22(19-26(25)35(32,33)29-18-16-23-9-5-6-17-28-23)27(31)30-24-13-10-21(11-14-24)20-7-3-2-4-8-20/h2-15,17,19,29H,16,18H2,1H3,(H,30,31). The summed E-state index contributed by atoms with van der Waals surface area (Å²) < 4.78 is 33.7. The highest BCUT2D eigenvalue weighted by atomic mass is 32.2. The van der Waals surface area contributed by atoms with E-state index < -0.39 is 15.9 Å². The van der Waals surface area contributed by atoms with Crippen molar-refractivity contribution in [2.75, 3.05) is 19.0 Å². The fraction of sp³-hybridized carbons (Fsp3) is 0.111. The van der Waals surface area contributed by atoms with Gasteiger partial charge >= 0.3 is 0 Å². The fourth-order valence-electron chi connectivity index (χ4n) is 3.55. The topological polar surface area (TPSA) is 97.4 Å². The summed E-state index contributed by atoms with van der Waals surface area (Å²) in [6.07, 6.45) is 2.09. The number of nitrogens with one attached hydrogen (secondary N) is 2. The first-order chi connectivity index (χ1) is 17.0. The number of ether oxygens (including phenoxy) is 1. The molecule has 178 valence electrons. The maximum Gasteiger partial charge on any atom is 0.255 e. The number of pyridine rings is 1. The summed E-state index contributed by atoms with van der Waals surface area (Å²) >= 11 is 0. The largest absolute Gasteiger partial charge is 0.495 e. The van der Waals surface area contributed by atoms with Gasteiger partial charge in [0.15, 0.2) is 0 Å². The third-order valence-electron chi connectivity index (χ3n) is 5.36. The number of nitrogens with zero attached hydrogens (tertiary/aromatic N) is 1.